The van der Waals surface area contributed by atoms with Crippen LogP contribution < -0.4 is 4.74 Å². The van der Waals surface area contributed by atoms with Crippen molar-refractivity contribution >= 4 is 21.9 Å². The molecular formula is C11H10BrFO3. The Morgan fingerprint density at radius 2 is 2.19 bits per heavy atom. The largest absolute Gasteiger partial charge is 0.493 e. The van der Waals surface area contributed by atoms with Gasteiger partial charge in [0.25, 0.3) is 0 Å². The standard InChI is InChI=1S/C11H10BrFO3/c1-16-9-6(2-3-7(12)8(9)13)11(4-5-11)10(14)15/h2-3H,4-5H2,1H3,(H,14,15). The van der Waals surface area contributed by atoms with Gasteiger partial charge in [0.05, 0.1) is 17.0 Å². The molecule has 0 saturated heterocycles. The van der Waals surface area contributed by atoms with Crippen LogP contribution in [0.1, 0.15) is 18.4 Å². The van der Waals surface area contributed by atoms with Crippen LogP contribution in [0.25, 0.3) is 0 Å². The minimum Gasteiger partial charge on any atom is -0.493 e. The zero-order valence-corrected chi connectivity index (χ0v) is 10.2. The Morgan fingerprint density at radius 3 is 2.62 bits per heavy atom. The first kappa shape index (κ1) is 11.4. The average Bonchev–Trinajstić information content (AvgIpc) is 3.02. The first-order chi connectivity index (χ1) is 7.53. The summed E-state index contributed by atoms with van der Waals surface area (Å²) in [7, 11) is 1.34. The van der Waals surface area contributed by atoms with Crippen LogP contribution >= 0.6 is 15.9 Å². The first-order valence-electron chi connectivity index (χ1n) is 4.79. The van der Waals surface area contributed by atoms with Gasteiger partial charge >= 0.3 is 5.97 Å². The number of hydrogen-bond acceptors (Lipinski definition) is 2. The fourth-order valence-electron chi connectivity index (χ4n) is 1.83. The Hall–Kier alpha value is -1.10. The minimum atomic E-state index is -0.952. The van der Waals surface area contributed by atoms with E-state index in [4.69, 9.17) is 9.84 Å². The van der Waals surface area contributed by atoms with Gasteiger partial charge in [-0.25, -0.2) is 4.39 Å². The molecule has 1 N–H and O–H groups in total. The fourth-order valence-corrected chi connectivity index (χ4v) is 2.14. The van der Waals surface area contributed by atoms with Crippen molar-refractivity contribution in [2.45, 2.75) is 18.3 Å². The van der Waals surface area contributed by atoms with Gasteiger partial charge in [-0.3, -0.25) is 4.79 Å². The molecule has 1 aliphatic carbocycles. The maximum absolute atomic E-state index is 13.7. The van der Waals surface area contributed by atoms with Gasteiger partial charge in [-0.1, -0.05) is 6.07 Å². The van der Waals surface area contributed by atoms with E-state index in [1.807, 2.05) is 0 Å². The highest BCUT2D eigenvalue weighted by atomic mass is 79.9. The Bertz CT molecular complexity index is 455. The third-order valence-corrected chi connectivity index (χ3v) is 3.54. The van der Waals surface area contributed by atoms with Crippen LogP contribution in [0, 0.1) is 5.82 Å². The van der Waals surface area contributed by atoms with E-state index in [0.29, 0.717) is 18.4 Å². The van der Waals surface area contributed by atoms with Crippen molar-refractivity contribution in [3.63, 3.8) is 0 Å². The zero-order chi connectivity index (χ0) is 11.9. The SMILES string of the molecule is COc1c(C2(C(=O)O)CC2)ccc(Br)c1F. The molecule has 0 radical (unpaired) electrons. The Labute approximate surface area is 100 Å². The highest BCUT2D eigenvalue weighted by Crippen LogP contribution is 2.52. The van der Waals surface area contributed by atoms with Crippen molar-refractivity contribution < 1.29 is 19.0 Å². The van der Waals surface area contributed by atoms with E-state index < -0.39 is 17.2 Å². The second-order valence-corrected chi connectivity index (χ2v) is 4.68. The molecule has 0 amide bonds. The van der Waals surface area contributed by atoms with Crippen molar-refractivity contribution in [2.24, 2.45) is 0 Å². The number of carbonyl (C=O) groups is 1. The van der Waals surface area contributed by atoms with Crippen LogP contribution in [-0.2, 0) is 10.2 Å². The van der Waals surface area contributed by atoms with Gasteiger partial charge in [-0.05, 0) is 34.8 Å². The smallest absolute Gasteiger partial charge is 0.314 e. The minimum absolute atomic E-state index is 0.0225. The van der Waals surface area contributed by atoms with E-state index in [1.165, 1.54) is 13.2 Å². The van der Waals surface area contributed by atoms with Gasteiger partial charge in [0.15, 0.2) is 11.6 Å². The summed E-state index contributed by atoms with van der Waals surface area (Å²) in [5, 5.41) is 9.15. The second-order valence-electron chi connectivity index (χ2n) is 3.83. The molecule has 0 heterocycles. The van der Waals surface area contributed by atoms with Crippen LogP contribution in [0.5, 0.6) is 5.75 Å². The van der Waals surface area contributed by atoms with Crippen LogP contribution in [0.4, 0.5) is 4.39 Å². The molecule has 1 aliphatic rings. The molecule has 5 heteroatoms. The third kappa shape index (κ3) is 1.50. The number of benzene rings is 1. The van der Waals surface area contributed by atoms with E-state index in [0.717, 1.165) is 0 Å². The number of carboxylic acid groups (broad SMARTS) is 1. The topological polar surface area (TPSA) is 46.5 Å². The summed E-state index contributed by atoms with van der Waals surface area (Å²) < 4.78 is 19.0. The molecule has 1 fully saturated rings. The van der Waals surface area contributed by atoms with Crippen LogP contribution in [-0.4, -0.2) is 18.2 Å². The summed E-state index contributed by atoms with van der Waals surface area (Å²) in [5.41, 5.74) is -0.532. The van der Waals surface area contributed by atoms with E-state index in [9.17, 15) is 9.18 Å². The number of ether oxygens (including phenoxy) is 1. The molecule has 3 nitrogen and oxygen atoms in total. The summed E-state index contributed by atoms with van der Waals surface area (Å²) in [6.45, 7) is 0. The summed E-state index contributed by atoms with van der Waals surface area (Å²) in [6, 6.07) is 3.11. The van der Waals surface area contributed by atoms with Crippen molar-refractivity contribution in [2.75, 3.05) is 7.11 Å². The zero-order valence-electron chi connectivity index (χ0n) is 8.59. The van der Waals surface area contributed by atoms with E-state index in [1.54, 1.807) is 6.07 Å². The molecule has 1 saturated carbocycles. The Morgan fingerprint density at radius 1 is 1.56 bits per heavy atom. The number of aliphatic carboxylic acids is 1. The van der Waals surface area contributed by atoms with Crippen LogP contribution in [0.3, 0.4) is 0 Å². The number of carboxylic acids is 1. The molecule has 2 rings (SSSR count). The van der Waals surface area contributed by atoms with Crippen molar-refractivity contribution in [1.82, 2.24) is 0 Å². The first-order valence-corrected chi connectivity index (χ1v) is 5.58. The molecule has 0 unspecified atom stereocenters. The highest BCUT2D eigenvalue weighted by Gasteiger charge is 2.53. The number of rotatable bonds is 3. The van der Waals surface area contributed by atoms with Crippen LogP contribution in [0.15, 0.2) is 16.6 Å². The van der Waals surface area contributed by atoms with Gasteiger partial charge in [0, 0.05) is 5.56 Å². The quantitative estimate of drug-likeness (QED) is 0.930. The maximum atomic E-state index is 13.7. The molecule has 16 heavy (non-hydrogen) atoms. The van der Waals surface area contributed by atoms with Gasteiger partial charge in [-0.2, -0.15) is 0 Å². The van der Waals surface area contributed by atoms with E-state index in [-0.39, 0.29) is 10.2 Å². The number of hydrogen-bond donors (Lipinski definition) is 1. The molecule has 0 spiro atoms. The number of halogens is 2. The molecule has 1 aromatic rings. The predicted molar refractivity (Wildman–Crippen MR) is 59.2 cm³/mol. The van der Waals surface area contributed by atoms with E-state index >= 15 is 0 Å². The molecule has 0 aliphatic heterocycles. The molecular weight excluding hydrogens is 279 g/mol. The third-order valence-electron chi connectivity index (χ3n) is 2.93. The highest BCUT2D eigenvalue weighted by molar-refractivity contribution is 9.10. The monoisotopic (exact) mass is 288 g/mol. The van der Waals surface area contributed by atoms with Crippen molar-refractivity contribution in [1.29, 1.82) is 0 Å². The van der Waals surface area contributed by atoms with Crippen molar-refractivity contribution in [3.8, 4) is 5.75 Å². The molecule has 0 atom stereocenters. The molecule has 0 aromatic heterocycles. The lowest BCUT2D eigenvalue weighted by atomic mass is 9.95. The Balaban J connectivity index is 2.58. The number of methoxy groups -OCH3 is 1. The normalized spacial score (nSPS) is 16.9. The lowest BCUT2D eigenvalue weighted by molar-refractivity contribution is -0.140. The molecule has 86 valence electrons. The van der Waals surface area contributed by atoms with Gasteiger partial charge in [0.2, 0.25) is 0 Å². The van der Waals surface area contributed by atoms with Crippen molar-refractivity contribution in [3.05, 3.63) is 28.0 Å². The predicted octanol–water partition coefficient (Wildman–Crippen LogP) is 2.71. The maximum Gasteiger partial charge on any atom is 0.314 e. The lowest BCUT2D eigenvalue weighted by Gasteiger charge is -2.15. The van der Waals surface area contributed by atoms with Gasteiger partial charge < -0.3 is 9.84 Å². The average molecular weight is 289 g/mol. The summed E-state index contributed by atoms with van der Waals surface area (Å²) in [6.07, 6.45) is 1.06. The summed E-state index contributed by atoms with van der Waals surface area (Å²) >= 11 is 3.04. The van der Waals surface area contributed by atoms with Crippen LogP contribution in [0.2, 0.25) is 0 Å². The molecule has 0 bridgehead atoms. The van der Waals surface area contributed by atoms with Gasteiger partial charge in [-0.15, -0.1) is 0 Å². The molecule has 1 aromatic carbocycles. The summed E-state index contributed by atoms with van der Waals surface area (Å²) in [4.78, 5) is 11.2. The summed E-state index contributed by atoms with van der Waals surface area (Å²) in [5.74, 6) is -1.45. The van der Waals surface area contributed by atoms with E-state index in [2.05, 4.69) is 15.9 Å². The Kier molecular flexibility index (Phi) is 2.66. The lowest BCUT2D eigenvalue weighted by Crippen LogP contribution is -2.20. The second kappa shape index (κ2) is 3.73. The fraction of sp³-hybridized carbons (Fsp3) is 0.364. The van der Waals surface area contributed by atoms with Gasteiger partial charge in [0.1, 0.15) is 0 Å².